The zero-order chi connectivity index (χ0) is 14.1. The van der Waals surface area contributed by atoms with Crippen LogP contribution in [0, 0.1) is 5.92 Å². The molecule has 7 heteroatoms. The van der Waals surface area contributed by atoms with Crippen molar-refractivity contribution in [3.63, 3.8) is 0 Å². The van der Waals surface area contributed by atoms with Gasteiger partial charge in [0.2, 0.25) is 5.91 Å². The molecule has 0 saturated carbocycles. The van der Waals surface area contributed by atoms with Crippen LogP contribution in [0.25, 0.3) is 0 Å². The molecule has 104 valence electrons. The van der Waals surface area contributed by atoms with Crippen LogP contribution in [0.15, 0.2) is 0 Å². The monoisotopic (exact) mass is 260 g/mol. The second-order valence-corrected chi connectivity index (χ2v) is 4.12. The molecule has 0 aromatic carbocycles. The van der Waals surface area contributed by atoms with Gasteiger partial charge in [-0.2, -0.15) is 0 Å². The number of ether oxygens (including phenoxy) is 1. The maximum atomic E-state index is 11.5. The van der Waals surface area contributed by atoms with E-state index in [-0.39, 0.29) is 31.1 Å². The average Bonchev–Trinajstić information content (AvgIpc) is 2.33. The molecular formula is C11H20N2O5. The van der Waals surface area contributed by atoms with E-state index in [0.717, 1.165) is 0 Å². The van der Waals surface area contributed by atoms with Gasteiger partial charge in [0, 0.05) is 12.8 Å². The predicted molar refractivity (Wildman–Crippen MR) is 63.7 cm³/mol. The molecule has 0 aliphatic carbocycles. The first-order valence-corrected chi connectivity index (χ1v) is 5.69. The van der Waals surface area contributed by atoms with Gasteiger partial charge in [-0.1, -0.05) is 6.92 Å². The summed E-state index contributed by atoms with van der Waals surface area (Å²) in [5.41, 5.74) is 5.37. The lowest BCUT2D eigenvalue weighted by Crippen LogP contribution is -2.42. The number of amides is 1. The van der Waals surface area contributed by atoms with Crippen molar-refractivity contribution in [2.45, 2.75) is 32.2 Å². The number of nitrogens with two attached hydrogens (primary N) is 1. The van der Waals surface area contributed by atoms with Crippen molar-refractivity contribution in [3.05, 3.63) is 0 Å². The van der Waals surface area contributed by atoms with Crippen molar-refractivity contribution in [2.24, 2.45) is 11.7 Å². The van der Waals surface area contributed by atoms with E-state index >= 15 is 0 Å². The van der Waals surface area contributed by atoms with Gasteiger partial charge in [-0.3, -0.25) is 9.59 Å². The molecule has 0 aliphatic rings. The zero-order valence-electron chi connectivity index (χ0n) is 10.6. The SMILES string of the molecule is COC(=O)CCC(NC(=O)CC(C)CN)C(=O)O. The number of hydrogen-bond acceptors (Lipinski definition) is 5. The number of carboxylic acid groups (broad SMARTS) is 1. The van der Waals surface area contributed by atoms with E-state index in [4.69, 9.17) is 10.8 Å². The largest absolute Gasteiger partial charge is 0.480 e. The first-order chi connectivity index (χ1) is 8.40. The van der Waals surface area contributed by atoms with Crippen LogP contribution in [-0.2, 0) is 19.1 Å². The van der Waals surface area contributed by atoms with Gasteiger partial charge >= 0.3 is 11.9 Å². The Morgan fingerprint density at radius 3 is 2.44 bits per heavy atom. The molecule has 0 rings (SSSR count). The molecule has 2 atom stereocenters. The summed E-state index contributed by atoms with van der Waals surface area (Å²) in [6.45, 7) is 2.15. The fourth-order valence-electron chi connectivity index (χ4n) is 1.27. The normalized spacial score (nSPS) is 13.5. The predicted octanol–water partition coefficient (Wildman–Crippen LogP) is -0.506. The topological polar surface area (TPSA) is 119 Å². The number of methoxy groups -OCH3 is 1. The lowest BCUT2D eigenvalue weighted by molar-refractivity contribution is -0.144. The maximum absolute atomic E-state index is 11.5. The van der Waals surface area contributed by atoms with Gasteiger partial charge in [-0.05, 0) is 18.9 Å². The number of aliphatic carboxylic acids is 1. The Kier molecular flexibility index (Phi) is 7.69. The van der Waals surface area contributed by atoms with Crippen LogP contribution in [0.4, 0.5) is 0 Å². The van der Waals surface area contributed by atoms with Gasteiger partial charge in [-0.15, -0.1) is 0 Å². The fraction of sp³-hybridized carbons (Fsp3) is 0.727. The Hall–Kier alpha value is -1.63. The van der Waals surface area contributed by atoms with Gasteiger partial charge in [0.1, 0.15) is 6.04 Å². The minimum atomic E-state index is -1.17. The molecular weight excluding hydrogens is 240 g/mol. The highest BCUT2D eigenvalue weighted by Gasteiger charge is 2.21. The molecule has 1 amide bonds. The van der Waals surface area contributed by atoms with Crippen molar-refractivity contribution in [1.82, 2.24) is 5.32 Å². The van der Waals surface area contributed by atoms with Crippen LogP contribution in [-0.4, -0.2) is 42.6 Å². The van der Waals surface area contributed by atoms with Gasteiger partial charge in [-0.25, -0.2) is 4.79 Å². The summed E-state index contributed by atoms with van der Waals surface area (Å²) in [7, 11) is 1.22. The third-order valence-electron chi connectivity index (χ3n) is 2.43. The smallest absolute Gasteiger partial charge is 0.326 e. The van der Waals surface area contributed by atoms with Crippen molar-refractivity contribution in [1.29, 1.82) is 0 Å². The Labute approximate surface area is 106 Å². The van der Waals surface area contributed by atoms with Crippen molar-refractivity contribution in [2.75, 3.05) is 13.7 Å². The molecule has 0 saturated heterocycles. The van der Waals surface area contributed by atoms with E-state index in [1.54, 1.807) is 6.92 Å². The third kappa shape index (κ3) is 6.85. The first kappa shape index (κ1) is 16.4. The summed E-state index contributed by atoms with van der Waals surface area (Å²) in [5.74, 6) is -2.08. The number of esters is 1. The molecule has 0 aliphatic heterocycles. The van der Waals surface area contributed by atoms with E-state index in [1.165, 1.54) is 7.11 Å². The lowest BCUT2D eigenvalue weighted by atomic mass is 10.1. The molecule has 0 radical (unpaired) electrons. The summed E-state index contributed by atoms with van der Waals surface area (Å²) in [6, 6.07) is -1.08. The van der Waals surface area contributed by atoms with Crippen LogP contribution in [0.5, 0.6) is 0 Å². The summed E-state index contributed by atoms with van der Waals surface area (Å²) >= 11 is 0. The summed E-state index contributed by atoms with van der Waals surface area (Å²) in [5, 5.41) is 11.3. The summed E-state index contributed by atoms with van der Waals surface area (Å²) < 4.78 is 4.41. The van der Waals surface area contributed by atoms with Crippen LogP contribution in [0.3, 0.4) is 0 Å². The summed E-state index contributed by atoms with van der Waals surface area (Å²) in [4.78, 5) is 33.3. The number of carbonyl (C=O) groups excluding carboxylic acids is 2. The number of hydrogen-bond donors (Lipinski definition) is 3. The highest BCUT2D eigenvalue weighted by atomic mass is 16.5. The average molecular weight is 260 g/mol. The lowest BCUT2D eigenvalue weighted by Gasteiger charge is -2.15. The van der Waals surface area contributed by atoms with E-state index in [0.29, 0.717) is 6.54 Å². The molecule has 18 heavy (non-hydrogen) atoms. The highest BCUT2D eigenvalue weighted by Crippen LogP contribution is 2.03. The molecule has 0 heterocycles. The quantitative estimate of drug-likeness (QED) is 0.506. The molecule has 7 nitrogen and oxygen atoms in total. The Balaban J connectivity index is 4.23. The number of carbonyl (C=O) groups is 3. The zero-order valence-corrected chi connectivity index (χ0v) is 10.6. The van der Waals surface area contributed by atoms with Crippen molar-refractivity contribution in [3.8, 4) is 0 Å². The van der Waals surface area contributed by atoms with Crippen LogP contribution < -0.4 is 11.1 Å². The van der Waals surface area contributed by atoms with E-state index in [1.807, 2.05) is 0 Å². The minimum Gasteiger partial charge on any atom is -0.480 e. The van der Waals surface area contributed by atoms with Crippen LogP contribution in [0.2, 0.25) is 0 Å². The molecule has 0 aromatic rings. The number of nitrogens with one attached hydrogen (secondary N) is 1. The molecule has 2 unspecified atom stereocenters. The second-order valence-electron chi connectivity index (χ2n) is 4.12. The molecule has 4 N–H and O–H groups in total. The Morgan fingerprint density at radius 2 is 2.00 bits per heavy atom. The minimum absolute atomic E-state index is 0.00471. The number of carboxylic acids is 1. The molecule has 0 bridgehead atoms. The van der Waals surface area contributed by atoms with E-state index < -0.39 is 18.0 Å². The Bertz CT molecular complexity index is 306. The van der Waals surface area contributed by atoms with Crippen LogP contribution in [0.1, 0.15) is 26.2 Å². The van der Waals surface area contributed by atoms with Gasteiger partial charge in [0.15, 0.2) is 0 Å². The van der Waals surface area contributed by atoms with Gasteiger partial charge in [0.05, 0.1) is 7.11 Å². The molecule has 0 spiro atoms. The molecule has 0 aromatic heterocycles. The van der Waals surface area contributed by atoms with Gasteiger partial charge in [0.25, 0.3) is 0 Å². The fourth-order valence-corrected chi connectivity index (χ4v) is 1.27. The van der Waals surface area contributed by atoms with Crippen molar-refractivity contribution >= 4 is 17.8 Å². The van der Waals surface area contributed by atoms with Gasteiger partial charge < -0.3 is 20.9 Å². The first-order valence-electron chi connectivity index (χ1n) is 5.69. The van der Waals surface area contributed by atoms with Crippen molar-refractivity contribution < 1.29 is 24.2 Å². The highest BCUT2D eigenvalue weighted by molar-refractivity contribution is 5.84. The molecule has 0 fully saturated rings. The van der Waals surface area contributed by atoms with E-state index in [2.05, 4.69) is 10.1 Å². The maximum Gasteiger partial charge on any atom is 0.326 e. The number of rotatable bonds is 8. The second kappa shape index (κ2) is 8.46. The van der Waals surface area contributed by atoms with Crippen LogP contribution >= 0.6 is 0 Å². The third-order valence-corrected chi connectivity index (χ3v) is 2.43. The van der Waals surface area contributed by atoms with E-state index in [9.17, 15) is 14.4 Å². The summed E-state index contributed by atoms with van der Waals surface area (Å²) in [6.07, 6.45) is 0.115. The Morgan fingerprint density at radius 1 is 1.39 bits per heavy atom. The standard InChI is InChI=1S/C11H20N2O5/c1-7(6-12)5-9(14)13-8(11(16)17)3-4-10(15)18-2/h7-8H,3-6,12H2,1-2H3,(H,13,14)(H,16,17).